The molecule has 3 aromatic rings. The molecule has 6 heteroatoms. The van der Waals surface area contributed by atoms with Gasteiger partial charge in [0.05, 0.1) is 12.6 Å². The van der Waals surface area contributed by atoms with Crippen molar-refractivity contribution in [2.24, 2.45) is 0 Å². The molecule has 1 heterocycles. The Hall–Kier alpha value is -3.12. The highest BCUT2D eigenvalue weighted by Gasteiger charge is 2.22. The molecule has 3 rings (SSSR count). The third-order valence-corrected chi connectivity index (χ3v) is 4.92. The van der Waals surface area contributed by atoms with Crippen molar-refractivity contribution in [2.75, 3.05) is 13.7 Å². The summed E-state index contributed by atoms with van der Waals surface area (Å²) in [6, 6.07) is 13.1. The van der Waals surface area contributed by atoms with Gasteiger partial charge < -0.3 is 19.2 Å². The summed E-state index contributed by atoms with van der Waals surface area (Å²) in [5.74, 6) is -1.02. The SMILES string of the molecule is COCc1c(C(=O)OCC(=O)N[C@H](C)c2ccc(C)c(C)c2)oc2ccccc12. The maximum Gasteiger partial charge on any atom is 0.375 e. The van der Waals surface area contributed by atoms with Crippen LogP contribution in [0.3, 0.4) is 0 Å². The van der Waals surface area contributed by atoms with Crippen LogP contribution >= 0.6 is 0 Å². The van der Waals surface area contributed by atoms with Crippen LogP contribution in [0, 0.1) is 13.8 Å². The van der Waals surface area contributed by atoms with Crippen molar-refractivity contribution in [3.63, 3.8) is 0 Å². The number of aryl methyl sites for hydroxylation is 2. The van der Waals surface area contributed by atoms with Crippen LogP contribution in [-0.2, 0) is 20.9 Å². The zero-order valence-corrected chi connectivity index (χ0v) is 17.1. The van der Waals surface area contributed by atoms with Crippen LogP contribution in [0.5, 0.6) is 0 Å². The van der Waals surface area contributed by atoms with Gasteiger partial charge in [0, 0.05) is 18.1 Å². The molecule has 1 amide bonds. The van der Waals surface area contributed by atoms with E-state index in [2.05, 4.69) is 5.32 Å². The Labute approximate surface area is 169 Å². The van der Waals surface area contributed by atoms with Crippen molar-refractivity contribution in [1.82, 2.24) is 5.32 Å². The second-order valence-corrected chi connectivity index (χ2v) is 7.05. The molecule has 0 spiro atoms. The van der Waals surface area contributed by atoms with Crippen LogP contribution in [0.25, 0.3) is 11.0 Å². The number of benzene rings is 2. The smallest absolute Gasteiger partial charge is 0.375 e. The van der Waals surface area contributed by atoms with Crippen LogP contribution in [0.15, 0.2) is 46.9 Å². The first-order valence-electron chi connectivity index (χ1n) is 9.43. The van der Waals surface area contributed by atoms with Gasteiger partial charge >= 0.3 is 5.97 Å². The molecule has 152 valence electrons. The molecule has 0 unspecified atom stereocenters. The average Bonchev–Trinajstić information content (AvgIpc) is 3.07. The second-order valence-electron chi connectivity index (χ2n) is 7.05. The number of rotatable bonds is 7. The molecular formula is C23H25NO5. The molecule has 0 saturated carbocycles. The minimum atomic E-state index is -0.692. The lowest BCUT2D eigenvalue weighted by Crippen LogP contribution is -2.31. The maximum atomic E-state index is 12.5. The van der Waals surface area contributed by atoms with E-state index in [0.29, 0.717) is 11.1 Å². The fourth-order valence-corrected chi connectivity index (χ4v) is 3.15. The van der Waals surface area contributed by atoms with Crippen LogP contribution < -0.4 is 5.32 Å². The Morgan fingerprint density at radius 3 is 2.59 bits per heavy atom. The summed E-state index contributed by atoms with van der Waals surface area (Å²) in [6.07, 6.45) is 0. The van der Waals surface area contributed by atoms with Crippen molar-refractivity contribution in [2.45, 2.75) is 33.4 Å². The van der Waals surface area contributed by atoms with Crippen LogP contribution in [-0.4, -0.2) is 25.6 Å². The fourth-order valence-electron chi connectivity index (χ4n) is 3.15. The fraction of sp³-hybridized carbons (Fsp3) is 0.304. The first-order valence-corrected chi connectivity index (χ1v) is 9.43. The van der Waals surface area contributed by atoms with Gasteiger partial charge in [-0.25, -0.2) is 4.79 Å². The van der Waals surface area contributed by atoms with E-state index in [-0.39, 0.29) is 24.3 Å². The molecular weight excluding hydrogens is 370 g/mol. The Morgan fingerprint density at radius 1 is 1.10 bits per heavy atom. The standard InChI is InChI=1S/C23H25NO5/c1-14-9-10-17(11-15(14)2)16(3)24-21(25)13-28-23(26)22-19(12-27-4)18-7-5-6-8-20(18)29-22/h5-11,16H,12-13H2,1-4H3,(H,24,25)/t16-/m1/s1. The number of esters is 1. The lowest BCUT2D eigenvalue weighted by atomic mass is 10.0. The molecule has 0 fully saturated rings. The normalized spacial score (nSPS) is 12.0. The molecule has 1 aromatic heterocycles. The van der Waals surface area contributed by atoms with E-state index in [9.17, 15) is 9.59 Å². The summed E-state index contributed by atoms with van der Waals surface area (Å²) >= 11 is 0. The van der Waals surface area contributed by atoms with Crippen LogP contribution in [0.2, 0.25) is 0 Å². The summed E-state index contributed by atoms with van der Waals surface area (Å²) < 4.78 is 16.0. The number of hydrogen-bond acceptors (Lipinski definition) is 5. The number of methoxy groups -OCH3 is 1. The number of hydrogen-bond donors (Lipinski definition) is 1. The largest absolute Gasteiger partial charge is 0.450 e. The molecule has 1 atom stereocenters. The third kappa shape index (κ3) is 4.66. The van der Waals surface area contributed by atoms with Gasteiger partial charge in [-0.15, -0.1) is 0 Å². The van der Waals surface area contributed by atoms with E-state index < -0.39 is 12.6 Å². The Kier molecular flexibility index (Phi) is 6.34. The molecule has 0 aliphatic rings. The van der Waals surface area contributed by atoms with Crippen molar-refractivity contribution in [3.8, 4) is 0 Å². The van der Waals surface area contributed by atoms with E-state index in [1.165, 1.54) is 5.56 Å². The van der Waals surface area contributed by atoms with Gasteiger partial charge in [0.25, 0.3) is 5.91 Å². The predicted molar refractivity (Wildman–Crippen MR) is 110 cm³/mol. The number of para-hydroxylation sites is 1. The number of nitrogens with one attached hydrogen (secondary N) is 1. The second kappa shape index (κ2) is 8.92. The lowest BCUT2D eigenvalue weighted by molar-refractivity contribution is -0.124. The molecule has 1 N–H and O–H groups in total. The van der Waals surface area contributed by atoms with Gasteiger partial charge in [0.1, 0.15) is 5.58 Å². The van der Waals surface area contributed by atoms with Gasteiger partial charge in [0.2, 0.25) is 5.76 Å². The van der Waals surface area contributed by atoms with Crippen molar-refractivity contribution in [3.05, 3.63) is 70.5 Å². The third-order valence-electron chi connectivity index (χ3n) is 4.92. The van der Waals surface area contributed by atoms with E-state index >= 15 is 0 Å². The number of amides is 1. The number of fused-ring (bicyclic) bond motifs is 1. The van der Waals surface area contributed by atoms with E-state index in [0.717, 1.165) is 16.5 Å². The monoisotopic (exact) mass is 395 g/mol. The van der Waals surface area contributed by atoms with E-state index in [1.54, 1.807) is 13.2 Å². The predicted octanol–water partition coefficient (Wildman–Crippen LogP) is 4.23. The first-order chi connectivity index (χ1) is 13.9. The Bertz CT molecular complexity index is 1040. The molecule has 0 radical (unpaired) electrons. The highest BCUT2D eigenvalue weighted by molar-refractivity contribution is 5.96. The van der Waals surface area contributed by atoms with Gasteiger partial charge in [-0.05, 0) is 43.5 Å². The molecule has 29 heavy (non-hydrogen) atoms. The topological polar surface area (TPSA) is 77.8 Å². The quantitative estimate of drug-likeness (QED) is 0.606. The van der Waals surface area contributed by atoms with Crippen molar-refractivity contribution in [1.29, 1.82) is 0 Å². The summed E-state index contributed by atoms with van der Waals surface area (Å²) in [4.78, 5) is 24.8. The lowest BCUT2D eigenvalue weighted by Gasteiger charge is -2.15. The number of ether oxygens (including phenoxy) is 2. The Balaban J connectivity index is 1.64. The number of furan rings is 1. The van der Waals surface area contributed by atoms with E-state index in [1.807, 2.05) is 57.2 Å². The molecule has 0 bridgehead atoms. The summed E-state index contributed by atoms with van der Waals surface area (Å²) in [5.41, 5.74) is 4.52. The highest BCUT2D eigenvalue weighted by atomic mass is 16.5. The van der Waals surface area contributed by atoms with Crippen LogP contribution in [0.4, 0.5) is 0 Å². The number of carbonyl (C=O) groups is 2. The number of carbonyl (C=O) groups excluding carboxylic acids is 2. The molecule has 0 aliphatic heterocycles. The average molecular weight is 395 g/mol. The molecule has 0 aliphatic carbocycles. The van der Waals surface area contributed by atoms with Gasteiger partial charge in [0.15, 0.2) is 6.61 Å². The zero-order valence-electron chi connectivity index (χ0n) is 17.1. The zero-order chi connectivity index (χ0) is 21.0. The summed E-state index contributed by atoms with van der Waals surface area (Å²) in [7, 11) is 1.54. The minimum absolute atomic E-state index is 0.0584. The molecule has 2 aromatic carbocycles. The minimum Gasteiger partial charge on any atom is -0.450 e. The maximum absolute atomic E-state index is 12.5. The summed E-state index contributed by atoms with van der Waals surface area (Å²) in [5, 5.41) is 3.63. The van der Waals surface area contributed by atoms with Gasteiger partial charge in [-0.2, -0.15) is 0 Å². The van der Waals surface area contributed by atoms with Gasteiger partial charge in [-0.1, -0.05) is 36.4 Å². The molecule has 0 saturated heterocycles. The Morgan fingerprint density at radius 2 is 1.86 bits per heavy atom. The van der Waals surface area contributed by atoms with Gasteiger partial charge in [-0.3, -0.25) is 4.79 Å². The van der Waals surface area contributed by atoms with E-state index in [4.69, 9.17) is 13.9 Å². The molecule has 6 nitrogen and oxygen atoms in total. The summed E-state index contributed by atoms with van der Waals surface area (Å²) in [6.45, 7) is 5.77. The first kappa shape index (κ1) is 20.6. The van der Waals surface area contributed by atoms with Crippen molar-refractivity contribution < 1.29 is 23.5 Å². The van der Waals surface area contributed by atoms with Crippen LogP contribution in [0.1, 0.15) is 45.8 Å². The highest BCUT2D eigenvalue weighted by Crippen LogP contribution is 2.27. The van der Waals surface area contributed by atoms with Crippen molar-refractivity contribution >= 4 is 22.8 Å².